The summed E-state index contributed by atoms with van der Waals surface area (Å²) in [7, 11) is -1.94. The van der Waals surface area contributed by atoms with Crippen LogP contribution in [0.15, 0.2) is 40.4 Å². The summed E-state index contributed by atoms with van der Waals surface area (Å²) in [5, 5.41) is 11.3. The monoisotopic (exact) mass is 398 g/mol. The van der Waals surface area contributed by atoms with Crippen molar-refractivity contribution in [3.8, 4) is 0 Å². The number of rotatable bonds is 10. The number of thioether (sulfide) groups is 1. The number of nitrogens with zero attached hydrogens (tertiary/aromatic N) is 3. The molecular weight excluding hydrogens is 376 g/mol. The number of aromatic nitrogens is 3. The number of methoxy groups -OCH3 is 1. The van der Waals surface area contributed by atoms with E-state index in [9.17, 15) is 13.2 Å². The number of carbonyl (C=O) groups is 1. The van der Waals surface area contributed by atoms with E-state index in [1.807, 2.05) is 6.92 Å². The van der Waals surface area contributed by atoms with Crippen molar-refractivity contribution in [3.05, 3.63) is 36.2 Å². The van der Waals surface area contributed by atoms with Crippen molar-refractivity contribution in [2.45, 2.75) is 29.3 Å². The molecular formula is C16H22N4O4S2. The van der Waals surface area contributed by atoms with Gasteiger partial charge in [0.05, 0.1) is 17.3 Å². The van der Waals surface area contributed by atoms with Crippen LogP contribution in [0.2, 0.25) is 0 Å². The molecule has 0 atom stereocenters. The van der Waals surface area contributed by atoms with Crippen LogP contribution in [0.1, 0.15) is 12.7 Å². The fourth-order valence-corrected chi connectivity index (χ4v) is 4.35. The van der Waals surface area contributed by atoms with Crippen LogP contribution in [0, 0.1) is 0 Å². The second kappa shape index (κ2) is 9.70. The Kier molecular flexibility index (Phi) is 7.61. The quantitative estimate of drug-likeness (QED) is 0.473. The van der Waals surface area contributed by atoms with E-state index in [1.54, 1.807) is 42.0 Å². The fraction of sp³-hybridized carbons (Fsp3) is 0.438. The second-order valence-electron chi connectivity index (χ2n) is 5.35. The molecule has 1 amide bonds. The van der Waals surface area contributed by atoms with Crippen molar-refractivity contribution in [3.63, 3.8) is 0 Å². The SMILES string of the molecule is CCn1c(CS(=O)(=O)c2ccccc2)nnc1SCC(=O)NCCOC. The summed E-state index contributed by atoms with van der Waals surface area (Å²) in [5.41, 5.74) is 0. The average Bonchev–Trinajstić information content (AvgIpc) is 3.02. The Morgan fingerprint density at radius 1 is 1.27 bits per heavy atom. The molecule has 1 N–H and O–H groups in total. The van der Waals surface area contributed by atoms with Gasteiger partial charge in [-0.2, -0.15) is 0 Å². The van der Waals surface area contributed by atoms with Gasteiger partial charge in [0, 0.05) is 20.2 Å². The number of benzene rings is 1. The lowest BCUT2D eigenvalue weighted by Crippen LogP contribution is -2.28. The van der Waals surface area contributed by atoms with Crippen molar-refractivity contribution in [2.75, 3.05) is 26.0 Å². The zero-order chi connectivity index (χ0) is 19.0. The van der Waals surface area contributed by atoms with Crippen molar-refractivity contribution in [2.24, 2.45) is 0 Å². The Hall–Kier alpha value is -1.91. The first-order valence-electron chi connectivity index (χ1n) is 8.06. The minimum absolute atomic E-state index is 0.142. The average molecular weight is 399 g/mol. The summed E-state index contributed by atoms with van der Waals surface area (Å²) in [5.74, 6) is 0.154. The molecule has 0 radical (unpaired) electrons. The summed E-state index contributed by atoms with van der Waals surface area (Å²) in [6.07, 6.45) is 0. The highest BCUT2D eigenvalue weighted by atomic mass is 32.2. The molecule has 2 rings (SSSR count). The van der Waals surface area contributed by atoms with E-state index < -0.39 is 9.84 Å². The predicted molar refractivity (Wildman–Crippen MR) is 98.6 cm³/mol. The molecule has 0 aliphatic rings. The van der Waals surface area contributed by atoms with Gasteiger partial charge in [0.1, 0.15) is 11.6 Å². The van der Waals surface area contributed by atoms with E-state index in [0.29, 0.717) is 30.7 Å². The molecule has 26 heavy (non-hydrogen) atoms. The standard InChI is InChI=1S/C16H22N4O4S2/c1-3-20-14(12-26(22,23)13-7-5-4-6-8-13)18-19-16(20)25-11-15(21)17-9-10-24-2/h4-8H,3,9-12H2,1-2H3,(H,17,21). The first kappa shape index (κ1) is 20.4. The zero-order valence-corrected chi connectivity index (χ0v) is 16.3. The van der Waals surface area contributed by atoms with Crippen molar-refractivity contribution >= 4 is 27.5 Å². The first-order valence-corrected chi connectivity index (χ1v) is 10.7. The van der Waals surface area contributed by atoms with Gasteiger partial charge in [-0.25, -0.2) is 8.42 Å². The number of amides is 1. The highest BCUT2D eigenvalue weighted by Crippen LogP contribution is 2.20. The van der Waals surface area contributed by atoms with Crippen LogP contribution in [-0.4, -0.2) is 55.1 Å². The van der Waals surface area contributed by atoms with Gasteiger partial charge >= 0.3 is 0 Å². The lowest BCUT2D eigenvalue weighted by atomic mass is 10.4. The number of ether oxygens (including phenoxy) is 1. The third-order valence-electron chi connectivity index (χ3n) is 3.49. The van der Waals surface area contributed by atoms with E-state index in [1.165, 1.54) is 11.8 Å². The summed E-state index contributed by atoms with van der Waals surface area (Å²) in [4.78, 5) is 12.0. The summed E-state index contributed by atoms with van der Waals surface area (Å²) in [6, 6.07) is 8.24. The minimum atomic E-state index is -3.50. The molecule has 0 fully saturated rings. The molecule has 0 spiro atoms. The number of nitrogens with one attached hydrogen (secondary N) is 1. The van der Waals surface area contributed by atoms with E-state index in [4.69, 9.17) is 4.74 Å². The van der Waals surface area contributed by atoms with Gasteiger partial charge in [0.25, 0.3) is 0 Å². The van der Waals surface area contributed by atoms with Crippen LogP contribution < -0.4 is 5.32 Å². The number of hydrogen-bond donors (Lipinski definition) is 1. The largest absolute Gasteiger partial charge is 0.383 e. The second-order valence-corrected chi connectivity index (χ2v) is 8.28. The highest BCUT2D eigenvalue weighted by Gasteiger charge is 2.21. The van der Waals surface area contributed by atoms with Crippen LogP contribution in [0.25, 0.3) is 0 Å². The van der Waals surface area contributed by atoms with Crippen LogP contribution >= 0.6 is 11.8 Å². The normalized spacial score (nSPS) is 11.5. The molecule has 10 heteroatoms. The maximum absolute atomic E-state index is 12.5. The third kappa shape index (κ3) is 5.55. The Balaban J connectivity index is 2.05. The number of carbonyl (C=O) groups excluding carboxylic acids is 1. The lowest BCUT2D eigenvalue weighted by molar-refractivity contribution is -0.118. The van der Waals surface area contributed by atoms with Gasteiger partial charge < -0.3 is 14.6 Å². The van der Waals surface area contributed by atoms with Crippen molar-refractivity contribution in [1.29, 1.82) is 0 Å². The predicted octanol–water partition coefficient (Wildman–Crippen LogP) is 1.13. The topological polar surface area (TPSA) is 103 Å². The van der Waals surface area contributed by atoms with Gasteiger partial charge in [-0.15, -0.1) is 10.2 Å². The Bertz CT molecular complexity index is 822. The molecule has 0 saturated carbocycles. The molecule has 8 nitrogen and oxygen atoms in total. The lowest BCUT2D eigenvalue weighted by Gasteiger charge is -2.08. The maximum atomic E-state index is 12.5. The molecule has 0 bridgehead atoms. The van der Waals surface area contributed by atoms with E-state index >= 15 is 0 Å². The number of sulfone groups is 1. The van der Waals surface area contributed by atoms with Gasteiger partial charge in [-0.3, -0.25) is 4.79 Å². The smallest absolute Gasteiger partial charge is 0.230 e. The van der Waals surface area contributed by atoms with Crippen LogP contribution in [0.3, 0.4) is 0 Å². The zero-order valence-electron chi connectivity index (χ0n) is 14.7. The molecule has 1 heterocycles. The maximum Gasteiger partial charge on any atom is 0.230 e. The molecule has 0 aliphatic heterocycles. The van der Waals surface area contributed by atoms with E-state index in [2.05, 4.69) is 15.5 Å². The van der Waals surface area contributed by atoms with Crippen molar-refractivity contribution < 1.29 is 17.9 Å². The minimum Gasteiger partial charge on any atom is -0.383 e. The molecule has 2 aromatic rings. The first-order chi connectivity index (χ1) is 12.5. The molecule has 1 aromatic carbocycles. The fourth-order valence-electron chi connectivity index (χ4n) is 2.20. The van der Waals surface area contributed by atoms with E-state index in [-0.39, 0.29) is 22.3 Å². The number of hydrogen-bond acceptors (Lipinski definition) is 7. The molecule has 0 saturated heterocycles. The third-order valence-corrected chi connectivity index (χ3v) is 6.09. The Morgan fingerprint density at radius 2 is 2.00 bits per heavy atom. The van der Waals surface area contributed by atoms with Crippen LogP contribution in [0.4, 0.5) is 0 Å². The van der Waals surface area contributed by atoms with Crippen molar-refractivity contribution in [1.82, 2.24) is 20.1 Å². The van der Waals surface area contributed by atoms with Gasteiger partial charge in [0.2, 0.25) is 5.91 Å². The molecule has 142 valence electrons. The van der Waals surface area contributed by atoms with Gasteiger partial charge in [-0.05, 0) is 19.1 Å². The summed E-state index contributed by atoms with van der Waals surface area (Å²) < 4.78 is 31.6. The Labute approximate surface area is 157 Å². The molecule has 1 aromatic heterocycles. The van der Waals surface area contributed by atoms with Gasteiger partial charge in [-0.1, -0.05) is 30.0 Å². The Morgan fingerprint density at radius 3 is 2.65 bits per heavy atom. The highest BCUT2D eigenvalue weighted by molar-refractivity contribution is 7.99. The van der Waals surface area contributed by atoms with Crippen LogP contribution in [0.5, 0.6) is 0 Å². The summed E-state index contributed by atoms with van der Waals surface area (Å²) in [6.45, 7) is 3.28. The molecule has 0 aliphatic carbocycles. The summed E-state index contributed by atoms with van der Waals surface area (Å²) >= 11 is 1.22. The van der Waals surface area contributed by atoms with E-state index in [0.717, 1.165) is 0 Å². The van der Waals surface area contributed by atoms with Crippen LogP contribution in [-0.2, 0) is 31.7 Å². The molecule has 0 unspecified atom stereocenters. The van der Waals surface area contributed by atoms with Gasteiger partial charge in [0.15, 0.2) is 15.0 Å².